The molecular formula is C14H30N2O2S2. The number of carbonyl (C=O) groups is 2. The van der Waals surface area contributed by atoms with Crippen LogP contribution < -0.4 is 10.6 Å². The third kappa shape index (κ3) is 14.1. The van der Waals surface area contributed by atoms with E-state index >= 15 is 0 Å². The highest BCUT2D eigenvalue weighted by Gasteiger charge is 2.20. The van der Waals surface area contributed by atoms with Crippen molar-refractivity contribution >= 4 is 33.4 Å². The molecule has 0 saturated carbocycles. The van der Waals surface area contributed by atoms with Gasteiger partial charge >= 0.3 is 0 Å². The van der Waals surface area contributed by atoms with Crippen LogP contribution in [0.3, 0.4) is 0 Å². The molecule has 0 aliphatic carbocycles. The summed E-state index contributed by atoms with van der Waals surface area (Å²) >= 11 is 0. The zero-order chi connectivity index (χ0) is 16.2. The van der Waals surface area contributed by atoms with E-state index in [1.54, 1.807) is 28.6 Å². The summed E-state index contributed by atoms with van der Waals surface area (Å²) in [6.45, 7) is 12.1. The molecular weight excluding hydrogens is 292 g/mol. The molecule has 0 aliphatic heterocycles. The first kappa shape index (κ1) is 21.9. The van der Waals surface area contributed by atoms with Crippen LogP contribution in [0.4, 0.5) is 0 Å². The second-order valence-corrected chi connectivity index (χ2v) is 8.00. The Morgan fingerprint density at radius 1 is 1.15 bits per heavy atom. The average Bonchev–Trinajstić information content (AvgIpc) is 2.37. The van der Waals surface area contributed by atoms with Crippen LogP contribution in [-0.4, -0.2) is 35.4 Å². The normalized spacial score (nSPS) is 10.6. The Hall–Kier alpha value is -0.360. The lowest BCUT2D eigenvalue weighted by molar-refractivity contribution is -0.121. The van der Waals surface area contributed by atoms with Gasteiger partial charge in [-0.1, -0.05) is 35.4 Å². The topological polar surface area (TPSA) is 58.2 Å². The SMILES string of the molecule is CC.CNC(=O)CCC(C)(C)SSCC(=O)NC(C)C. The molecule has 0 atom stereocenters. The Labute approximate surface area is 132 Å². The summed E-state index contributed by atoms with van der Waals surface area (Å²) in [5, 5.41) is 5.47. The molecule has 4 nitrogen and oxygen atoms in total. The molecule has 0 rings (SSSR count). The maximum absolute atomic E-state index is 11.4. The molecule has 0 aromatic rings. The quantitative estimate of drug-likeness (QED) is 0.674. The van der Waals surface area contributed by atoms with E-state index < -0.39 is 0 Å². The Morgan fingerprint density at radius 3 is 2.15 bits per heavy atom. The zero-order valence-corrected chi connectivity index (χ0v) is 15.5. The number of carbonyl (C=O) groups excluding carboxylic acids is 2. The van der Waals surface area contributed by atoms with Gasteiger partial charge in [0.2, 0.25) is 11.8 Å². The van der Waals surface area contributed by atoms with Gasteiger partial charge in [0.1, 0.15) is 0 Å². The fraction of sp³-hybridized carbons (Fsp3) is 0.857. The molecule has 0 aromatic carbocycles. The minimum Gasteiger partial charge on any atom is -0.359 e. The van der Waals surface area contributed by atoms with Crippen LogP contribution in [0.2, 0.25) is 0 Å². The van der Waals surface area contributed by atoms with Crippen molar-refractivity contribution < 1.29 is 9.59 Å². The first-order valence-corrected chi connectivity index (χ1v) is 9.39. The van der Waals surface area contributed by atoms with Crippen molar-refractivity contribution in [1.29, 1.82) is 0 Å². The van der Waals surface area contributed by atoms with Gasteiger partial charge in [-0.3, -0.25) is 9.59 Å². The molecule has 0 aromatic heterocycles. The molecule has 0 radical (unpaired) electrons. The Kier molecular flexibility index (Phi) is 13.6. The van der Waals surface area contributed by atoms with E-state index in [9.17, 15) is 9.59 Å². The third-order valence-electron chi connectivity index (χ3n) is 2.16. The number of hydrogen-bond acceptors (Lipinski definition) is 4. The lowest BCUT2D eigenvalue weighted by Gasteiger charge is -2.22. The first-order chi connectivity index (χ1) is 9.26. The minimum atomic E-state index is -0.00468. The van der Waals surface area contributed by atoms with Crippen molar-refractivity contribution in [3.63, 3.8) is 0 Å². The molecule has 0 spiro atoms. The number of hydrogen-bond donors (Lipinski definition) is 2. The number of rotatable bonds is 8. The van der Waals surface area contributed by atoms with Crippen LogP contribution in [0.5, 0.6) is 0 Å². The van der Waals surface area contributed by atoms with Crippen molar-refractivity contribution in [2.75, 3.05) is 12.8 Å². The Bertz CT molecular complexity index is 282. The highest BCUT2D eigenvalue weighted by Crippen LogP contribution is 2.38. The Balaban J connectivity index is 0. The van der Waals surface area contributed by atoms with E-state index in [0.29, 0.717) is 12.2 Å². The molecule has 120 valence electrons. The predicted octanol–water partition coefficient (Wildman–Crippen LogP) is 3.22. The van der Waals surface area contributed by atoms with Gasteiger partial charge in [0.15, 0.2) is 0 Å². The van der Waals surface area contributed by atoms with E-state index in [1.807, 2.05) is 27.7 Å². The first-order valence-electron chi connectivity index (χ1n) is 7.07. The van der Waals surface area contributed by atoms with Gasteiger partial charge in [-0.2, -0.15) is 0 Å². The molecule has 2 N–H and O–H groups in total. The Morgan fingerprint density at radius 2 is 1.70 bits per heavy atom. The number of nitrogens with one attached hydrogen (secondary N) is 2. The summed E-state index contributed by atoms with van der Waals surface area (Å²) in [4.78, 5) is 22.6. The fourth-order valence-corrected chi connectivity index (χ4v) is 3.65. The number of amides is 2. The van der Waals surface area contributed by atoms with Gasteiger partial charge in [0, 0.05) is 24.3 Å². The van der Waals surface area contributed by atoms with Gasteiger partial charge < -0.3 is 10.6 Å². The maximum atomic E-state index is 11.4. The van der Waals surface area contributed by atoms with E-state index in [2.05, 4.69) is 24.5 Å². The average molecular weight is 323 g/mol. The van der Waals surface area contributed by atoms with Crippen LogP contribution in [0.25, 0.3) is 0 Å². The van der Waals surface area contributed by atoms with Gasteiger partial charge in [-0.25, -0.2) is 0 Å². The summed E-state index contributed by atoms with van der Waals surface area (Å²) < 4.78 is -0.00468. The molecule has 0 aliphatic rings. The highest BCUT2D eigenvalue weighted by atomic mass is 33.1. The molecule has 0 unspecified atom stereocenters. The zero-order valence-electron chi connectivity index (χ0n) is 13.8. The smallest absolute Gasteiger partial charge is 0.231 e. The second kappa shape index (κ2) is 12.4. The maximum Gasteiger partial charge on any atom is 0.231 e. The summed E-state index contributed by atoms with van der Waals surface area (Å²) in [7, 11) is 4.85. The monoisotopic (exact) mass is 322 g/mol. The standard InChI is InChI=1S/C12H24N2O2S2.C2H6/c1-9(2)14-11(16)8-17-18-12(3,4)7-6-10(15)13-5;1-2/h9H,6-8H2,1-5H3,(H,13,15)(H,14,16);1-2H3. The minimum absolute atomic E-state index is 0.00468. The second-order valence-electron chi connectivity index (χ2n) is 5.00. The van der Waals surface area contributed by atoms with Gasteiger partial charge in [0.05, 0.1) is 5.75 Å². The van der Waals surface area contributed by atoms with Crippen LogP contribution in [-0.2, 0) is 9.59 Å². The van der Waals surface area contributed by atoms with Crippen molar-refractivity contribution in [1.82, 2.24) is 10.6 Å². The molecule has 0 heterocycles. The lowest BCUT2D eigenvalue weighted by atomic mass is 10.1. The van der Waals surface area contributed by atoms with Crippen LogP contribution in [0.15, 0.2) is 0 Å². The molecule has 0 bridgehead atoms. The predicted molar refractivity (Wildman–Crippen MR) is 92.1 cm³/mol. The van der Waals surface area contributed by atoms with E-state index in [0.717, 1.165) is 6.42 Å². The largest absolute Gasteiger partial charge is 0.359 e. The summed E-state index contributed by atoms with van der Waals surface area (Å²) in [5.74, 6) is 0.572. The molecule has 0 saturated heterocycles. The molecule has 20 heavy (non-hydrogen) atoms. The third-order valence-corrected chi connectivity index (χ3v) is 5.37. The molecule has 6 heteroatoms. The highest BCUT2D eigenvalue weighted by molar-refractivity contribution is 8.77. The van der Waals surface area contributed by atoms with Crippen molar-refractivity contribution in [2.24, 2.45) is 0 Å². The van der Waals surface area contributed by atoms with Gasteiger partial charge in [-0.15, -0.1) is 0 Å². The van der Waals surface area contributed by atoms with Crippen molar-refractivity contribution in [3.05, 3.63) is 0 Å². The van der Waals surface area contributed by atoms with E-state index in [4.69, 9.17) is 0 Å². The van der Waals surface area contributed by atoms with Crippen LogP contribution in [0.1, 0.15) is 54.4 Å². The summed E-state index contributed by atoms with van der Waals surface area (Å²) in [6, 6.07) is 0.185. The van der Waals surface area contributed by atoms with Crippen molar-refractivity contribution in [2.45, 2.75) is 65.2 Å². The van der Waals surface area contributed by atoms with E-state index in [-0.39, 0.29) is 22.6 Å². The summed E-state index contributed by atoms with van der Waals surface area (Å²) in [6.07, 6.45) is 1.32. The summed E-state index contributed by atoms with van der Waals surface area (Å²) in [5.41, 5.74) is 0. The van der Waals surface area contributed by atoms with Crippen molar-refractivity contribution in [3.8, 4) is 0 Å². The van der Waals surface area contributed by atoms with Crippen LogP contribution in [0, 0.1) is 0 Å². The molecule has 2 amide bonds. The van der Waals surface area contributed by atoms with Crippen LogP contribution >= 0.6 is 21.6 Å². The lowest BCUT2D eigenvalue weighted by Crippen LogP contribution is -2.31. The van der Waals surface area contributed by atoms with E-state index in [1.165, 1.54) is 0 Å². The van der Waals surface area contributed by atoms with Gasteiger partial charge in [-0.05, 0) is 34.1 Å². The fourth-order valence-electron chi connectivity index (χ4n) is 1.19. The molecule has 0 fully saturated rings. The van der Waals surface area contributed by atoms with Gasteiger partial charge in [0.25, 0.3) is 0 Å².